The first-order valence-corrected chi connectivity index (χ1v) is 9.62. The molecule has 6 nitrogen and oxygen atoms in total. The molecule has 0 saturated carbocycles. The van der Waals surface area contributed by atoms with Crippen LogP contribution in [-0.4, -0.2) is 29.2 Å². The SMILES string of the molecule is C#CCOc1c(OCC)cccc1C(C[N+](=O)[O-])c1cn(CC)c2ccccc12. The zero-order chi connectivity index (χ0) is 20.8. The molecule has 0 fully saturated rings. The first-order valence-electron chi connectivity index (χ1n) is 9.62. The van der Waals surface area contributed by atoms with E-state index < -0.39 is 5.92 Å². The van der Waals surface area contributed by atoms with E-state index in [0.29, 0.717) is 23.7 Å². The Balaban J connectivity index is 2.22. The zero-order valence-electron chi connectivity index (χ0n) is 16.6. The lowest BCUT2D eigenvalue weighted by molar-refractivity contribution is -0.481. The molecule has 0 aliphatic heterocycles. The van der Waals surface area contributed by atoms with Crippen LogP contribution in [-0.2, 0) is 6.54 Å². The highest BCUT2D eigenvalue weighted by Gasteiger charge is 2.28. The van der Waals surface area contributed by atoms with Gasteiger partial charge in [0.1, 0.15) is 6.61 Å². The van der Waals surface area contributed by atoms with Gasteiger partial charge >= 0.3 is 0 Å². The number of terminal acetylenes is 1. The molecule has 0 amide bonds. The smallest absolute Gasteiger partial charge is 0.214 e. The Kier molecular flexibility index (Phi) is 6.40. The number of rotatable bonds is 9. The standard InChI is InChI=1S/C23H24N2O4/c1-4-14-29-23-18(11-9-13-22(23)28-6-3)20(16-25(26)27)19-15-24(5-2)21-12-8-7-10-17(19)21/h1,7-13,15,20H,5-6,14,16H2,2-3H3. The number of benzene rings is 2. The number of para-hydroxylation sites is 2. The van der Waals surface area contributed by atoms with E-state index in [4.69, 9.17) is 15.9 Å². The Morgan fingerprint density at radius 3 is 2.62 bits per heavy atom. The van der Waals surface area contributed by atoms with Crippen LogP contribution in [0.4, 0.5) is 0 Å². The van der Waals surface area contributed by atoms with Crippen LogP contribution in [0, 0.1) is 22.5 Å². The van der Waals surface area contributed by atoms with Crippen molar-refractivity contribution in [3.05, 3.63) is 69.9 Å². The van der Waals surface area contributed by atoms with Crippen LogP contribution >= 0.6 is 0 Å². The summed E-state index contributed by atoms with van der Waals surface area (Å²) in [6.07, 6.45) is 7.38. The van der Waals surface area contributed by atoms with Crippen LogP contribution in [0.2, 0.25) is 0 Å². The quantitative estimate of drug-likeness (QED) is 0.306. The zero-order valence-corrected chi connectivity index (χ0v) is 16.6. The summed E-state index contributed by atoms with van der Waals surface area (Å²) in [6.45, 7) is 4.94. The molecule has 2 aromatic carbocycles. The first-order chi connectivity index (χ1) is 14.1. The van der Waals surface area contributed by atoms with E-state index in [1.807, 2.05) is 49.5 Å². The lowest BCUT2D eigenvalue weighted by Crippen LogP contribution is -2.16. The van der Waals surface area contributed by atoms with Crippen molar-refractivity contribution >= 4 is 10.9 Å². The molecule has 3 aromatic rings. The highest BCUT2D eigenvalue weighted by molar-refractivity contribution is 5.85. The lowest BCUT2D eigenvalue weighted by atomic mass is 9.90. The number of aryl methyl sites for hydroxylation is 1. The lowest BCUT2D eigenvalue weighted by Gasteiger charge is -2.19. The summed E-state index contributed by atoms with van der Waals surface area (Å²) < 4.78 is 13.6. The van der Waals surface area contributed by atoms with Crippen LogP contribution in [0.3, 0.4) is 0 Å². The number of nitro groups is 1. The largest absolute Gasteiger partial charge is 0.490 e. The molecule has 0 N–H and O–H groups in total. The minimum atomic E-state index is -0.504. The number of fused-ring (bicyclic) bond motifs is 1. The van der Waals surface area contributed by atoms with Gasteiger partial charge in [-0.1, -0.05) is 36.3 Å². The van der Waals surface area contributed by atoms with Crippen molar-refractivity contribution in [1.82, 2.24) is 4.57 Å². The molecular formula is C23H24N2O4. The number of aromatic nitrogens is 1. The van der Waals surface area contributed by atoms with Gasteiger partial charge in [0, 0.05) is 34.1 Å². The van der Waals surface area contributed by atoms with Crippen molar-refractivity contribution in [2.75, 3.05) is 19.8 Å². The Morgan fingerprint density at radius 1 is 1.14 bits per heavy atom. The van der Waals surface area contributed by atoms with Gasteiger partial charge < -0.3 is 14.0 Å². The molecule has 6 heteroatoms. The molecule has 1 atom stereocenters. The molecule has 29 heavy (non-hydrogen) atoms. The highest BCUT2D eigenvalue weighted by Crippen LogP contribution is 2.41. The number of hydrogen-bond donors (Lipinski definition) is 0. The van der Waals surface area contributed by atoms with Gasteiger partial charge in [-0.15, -0.1) is 6.42 Å². The van der Waals surface area contributed by atoms with E-state index in [0.717, 1.165) is 23.0 Å². The predicted octanol–water partition coefficient (Wildman–Crippen LogP) is 4.48. The van der Waals surface area contributed by atoms with Crippen LogP contribution in [0.15, 0.2) is 48.7 Å². The van der Waals surface area contributed by atoms with Crippen LogP contribution in [0.1, 0.15) is 30.9 Å². The third-order valence-electron chi connectivity index (χ3n) is 4.85. The molecule has 1 heterocycles. The van der Waals surface area contributed by atoms with Crippen molar-refractivity contribution in [2.24, 2.45) is 0 Å². The van der Waals surface area contributed by atoms with E-state index in [1.165, 1.54) is 0 Å². The van der Waals surface area contributed by atoms with Gasteiger partial charge in [0.15, 0.2) is 11.5 Å². The molecule has 0 saturated heterocycles. The van der Waals surface area contributed by atoms with Gasteiger partial charge in [0.05, 0.1) is 12.5 Å². The molecule has 1 unspecified atom stereocenters. The fraction of sp³-hybridized carbons (Fsp3) is 0.304. The second-order valence-electron chi connectivity index (χ2n) is 6.56. The van der Waals surface area contributed by atoms with Crippen molar-refractivity contribution in [3.8, 4) is 23.8 Å². The highest BCUT2D eigenvalue weighted by atomic mass is 16.6. The van der Waals surface area contributed by atoms with Crippen LogP contribution in [0.5, 0.6) is 11.5 Å². The molecule has 1 aromatic heterocycles. The van der Waals surface area contributed by atoms with Gasteiger partial charge in [-0.05, 0) is 31.5 Å². The molecule has 0 radical (unpaired) electrons. The number of nitrogens with zero attached hydrogens (tertiary/aromatic N) is 2. The maximum absolute atomic E-state index is 11.6. The summed E-state index contributed by atoms with van der Waals surface area (Å²) in [6, 6.07) is 13.4. The second-order valence-corrected chi connectivity index (χ2v) is 6.56. The summed E-state index contributed by atoms with van der Waals surface area (Å²) >= 11 is 0. The molecule has 150 valence electrons. The third-order valence-corrected chi connectivity index (χ3v) is 4.85. The van der Waals surface area contributed by atoms with E-state index in [2.05, 4.69) is 17.4 Å². The number of hydrogen-bond acceptors (Lipinski definition) is 4. The molecule has 0 aliphatic rings. The molecule has 3 rings (SSSR count). The minimum Gasteiger partial charge on any atom is -0.490 e. The first kappa shape index (κ1) is 20.3. The summed E-state index contributed by atoms with van der Waals surface area (Å²) in [5, 5.41) is 12.6. The molecular weight excluding hydrogens is 368 g/mol. The Bertz CT molecular complexity index is 1050. The predicted molar refractivity (Wildman–Crippen MR) is 113 cm³/mol. The summed E-state index contributed by atoms with van der Waals surface area (Å²) in [7, 11) is 0. The Labute approximate surface area is 170 Å². The van der Waals surface area contributed by atoms with E-state index in [-0.39, 0.29) is 18.1 Å². The van der Waals surface area contributed by atoms with Crippen LogP contribution in [0.25, 0.3) is 10.9 Å². The monoisotopic (exact) mass is 392 g/mol. The third kappa shape index (κ3) is 4.19. The second kappa shape index (κ2) is 9.16. The molecule has 0 bridgehead atoms. The van der Waals surface area contributed by atoms with Gasteiger partial charge in [0.2, 0.25) is 6.54 Å². The van der Waals surface area contributed by atoms with Crippen molar-refractivity contribution in [3.63, 3.8) is 0 Å². The van der Waals surface area contributed by atoms with E-state index in [1.54, 1.807) is 6.07 Å². The van der Waals surface area contributed by atoms with Crippen molar-refractivity contribution in [2.45, 2.75) is 26.3 Å². The maximum Gasteiger partial charge on any atom is 0.214 e. The Morgan fingerprint density at radius 2 is 1.93 bits per heavy atom. The average Bonchev–Trinajstić information content (AvgIpc) is 3.10. The normalized spacial score (nSPS) is 11.8. The fourth-order valence-electron chi connectivity index (χ4n) is 3.67. The van der Waals surface area contributed by atoms with Gasteiger partial charge in [-0.25, -0.2) is 0 Å². The minimum absolute atomic E-state index is 0.0546. The summed E-state index contributed by atoms with van der Waals surface area (Å²) in [4.78, 5) is 11.3. The number of ether oxygens (including phenoxy) is 2. The maximum atomic E-state index is 11.6. The van der Waals surface area contributed by atoms with Crippen LogP contribution < -0.4 is 9.47 Å². The van der Waals surface area contributed by atoms with E-state index >= 15 is 0 Å². The Hall–Kier alpha value is -3.46. The summed E-state index contributed by atoms with van der Waals surface area (Å²) in [5.74, 6) is 2.96. The molecule has 0 spiro atoms. The van der Waals surface area contributed by atoms with Gasteiger partial charge in [0.25, 0.3) is 0 Å². The van der Waals surface area contributed by atoms with E-state index in [9.17, 15) is 10.1 Å². The topological polar surface area (TPSA) is 66.5 Å². The molecule has 0 aliphatic carbocycles. The average molecular weight is 392 g/mol. The van der Waals surface area contributed by atoms with Gasteiger partial charge in [-0.2, -0.15) is 0 Å². The van der Waals surface area contributed by atoms with Crippen molar-refractivity contribution < 1.29 is 14.4 Å². The van der Waals surface area contributed by atoms with Gasteiger partial charge in [-0.3, -0.25) is 10.1 Å². The summed E-state index contributed by atoms with van der Waals surface area (Å²) in [5.41, 5.74) is 2.63. The van der Waals surface area contributed by atoms with Crippen molar-refractivity contribution in [1.29, 1.82) is 0 Å². The fourth-order valence-corrected chi connectivity index (χ4v) is 3.67.